The van der Waals surface area contributed by atoms with Crippen LogP contribution < -0.4 is 5.32 Å². The third kappa shape index (κ3) is 5.44. The molecule has 0 saturated carbocycles. The predicted molar refractivity (Wildman–Crippen MR) is 70.1 cm³/mol. The molecule has 1 rings (SSSR count). The first-order valence-electron chi connectivity index (χ1n) is 6.61. The van der Waals surface area contributed by atoms with Gasteiger partial charge in [0.05, 0.1) is 6.61 Å². The molecule has 0 bridgehead atoms. The van der Waals surface area contributed by atoms with Crippen LogP contribution in [0, 0.1) is 0 Å². The van der Waals surface area contributed by atoms with Gasteiger partial charge < -0.3 is 20.1 Å². The molecule has 0 aromatic carbocycles. The fraction of sp³-hybridized carbons (Fsp3) is 0.833. The highest BCUT2D eigenvalue weighted by Crippen LogP contribution is 2.08. The second kappa shape index (κ2) is 7.96. The molecule has 1 saturated heterocycles. The summed E-state index contributed by atoms with van der Waals surface area (Å²) in [7, 11) is 0. The van der Waals surface area contributed by atoms with Gasteiger partial charge in [-0.25, -0.2) is 9.59 Å². The van der Waals surface area contributed by atoms with Crippen molar-refractivity contribution in [3.8, 4) is 0 Å². The lowest BCUT2D eigenvalue weighted by Crippen LogP contribution is -2.55. The Labute approximate surface area is 113 Å². The number of ether oxygens (including phenoxy) is 1. The average molecular weight is 273 g/mol. The number of likely N-dealkylation sites (N-methyl/N-ethyl adjacent to an activating group) is 1. The predicted octanol–water partition coefficient (Wildman–Crippen LogP) is -0.177. The van der Waals surface area contributed by atoms with Crippen molar-refractivity contribution in [1.82, 2.24) is 15.1 Å². The van der Waals surface area contributed by atoms with E-state index >= 15 is 0 Å². The molecule has 7 heteroatoms. The Kier molecular flexibility index (Phi) is 6.58. The van der Waals surface area contributed by atoms with Gasteiger partial charge in [0.2, 0.25) is 0 Å². The highest BCUT2D eigenvalue weighted by molar-refractivity contribution is 5.74. The molecule has 1 fully saturated rings. The smallest absolute Gasteiger partial charge is 0.329 e. The van der Waals surface area contributed by atoms with Crippen LogP contribution in [0.1, 0.15) is 13.8 Å². The number of carboxylic acid groups (broad SMARTS) is 1. The van der Waals surface area contributed by atoms with E-state index in [1.54, 1.807) is 4.90 Å². The van der Waals surface area contributed by atoms with Gasteiger partial charge in [-0.15, -0.1) is 0 Å². The molecular formula is C12H23N3O4. The van der Waals surface area contributed by atoms with E-state index in [-0.39, 0.29) is 19.2 Å². The Balaban J connectivity index is 2.18. The fourth-order valence-corrected chi connectivity index (χ4v) is 2.15. The minimum Gasteiger partial charge on any atom is -0.480 e. The molecule has 110 valence electrons. The number of carbonyl (C=O) groups is 2. The highest BCUT2D eigenvalue weighted by atomic mass is 16.5. The summed E-state index contributed by atoms with van der Waals surface area (Å²) >= 11 is 0. The number of nitrogens with one attached hydrogen (secondary N) is 1. The number of carbonyl (C=O) groups excluding carboxylic acids is 1. The maximum atomic E-state index is 11.9. The van der Waals surface area contributed by atoms with Crippen molar-refractivity contribution in [3.63, 3.8) is 0 Å². The van der Waals surface area contributed by atoms with Crippen molar-refractivity contribution < 1.29 is 19.4 Å². The summed E-state index contributed by atoms with van der Waals surface area (Å²) in [5, 5.41) is 11.1. The summed E-state index contributed by atoms with van der Waals surface area (Å²) in [6.07, 6.45) is 0. The number of urea groups is 1. The van der Waals surface area contributed by atoms with Gasteiger partial charge in [-0.3, -0.25) is 4.90 Å². The van der Waals surface area contributed by atoms with Crippen LogP contribution in [0.4, 0.5) is 4.79 Å². The molecule has 0 aliphatic carbocycles. The van der Waals surface area contributed by atoms with E-state index in [0.717, 1.165) is 26.2 Å². The summed E-state index contributed by atoms with van der Waals surface area (Å²) in [4.78, 5) is 26.2. The van der Waals surface area contributed by atoms with Gasteiger partial charge >= 0.3 is 12.0 Å². The number of rotatable bonds is 6. The average Bonchev–Trinajstić information content (AvgIpc) is 2.37. The Bertz CT molecular complexity index is 311. The van der Waals surface area contributed by atoms with Gasteiger partial charge in [-0.2, -0.15) is 0 Å². The van der Waals surface area contributed by atoms with Gasteiger partial charge in [0, 0.05) is 32.2 Å². The molecule has 0 aromatic rings. The minimum atomic E-state index is -1.00. The Morgan fingerprint density at radius 2 is 2.16 bits per heavy atom. The number of amides is 2. The summed E-state index contributed by atoms with van der Waals surface area (Å²) < 4.78 is 4.85. The van der Waals surface area contributed by atoms with E-state index in [1.807, 2.05) is 0 Å². The fourth-order valence-electron chi connectivity index (χ4n) is 2.15. The van der Waals surface area contributed by atoms with Gasteiger partial charge in [0.1, 0.15) is 6.61 Å². The SMILES string of the molecule is CCN1CCN(C(=O)NCCOCC(=O)O)CC1C. The molecule has 0 radical (unpaired) electrons. The highest BCUT2D eigenvalue weighted by Gasteiger charge is 2.25. The van der Waals surface area contributed by atoms with Crippen LogP contribution in [-0.4, -0.2) is 78.9 Å². The van der Waals surface area contributed by atoms with E-state index in [0.29, 0.717) is 12.6 Å². The van der Waals surface area contributed by atoms with Crippen LogP contribution in [0.15, 0.2) is 0 Å². The third-order valence-electron chi connectivity index (χ3n) is 3.21. The molecule has 1 heterocycles. The molecular weight excluding hydrogens is 250 g/mol. The van der Waals surface area contributed by atoms with E-state index in [9.17, 15) is 9.59 Å². The van der Waals surface area contributed by atoms with E-state index in [4.69, 9.17) is 9.84 Å². The molecule has 1 unspecified atom stereocenters. The van der Waals surface area contributed by atoms with Crippen LogP contribution in [-0.2, 0) is 9.53 Å². The summed E-state index contributed by atoms with van der Waals surface area (Å²) in [6, 6.07) is 0.259. The largest absolute Gasteiger partial charge is 0.480 e. The van der Waals surface area contributed by atoms with Gasteiger partial charge in [-0.05, 0) is 13.5 Å². The number of piperazine rings is 1. The normalized spacial score (nSPS) is 20.3. The van der Waals surface area contributed by atoms with Crippen molar-refractivity contribution in [1.29, 1.82) is 0 Å². The zero-order valence-electron chi connectivity index (χ0n) is 11.6. The molecule has 1 aliphatic heterocycles. The topological polar surface area (TPSA) is 82.1 Å². The van der Waals surface area contributed by atoms with Crippen molar-refractivity contribution in [2.24, 2.45) is 0 Å². The first kappa shape index (κ1) is 15.7. The second-order valence-corrected chi connectivity index (χ2v) is 4.60. The lowest BCUT2D eigenvalue weighted by atomic mass is 10.2. The first-order chi connectivity index (χ1) is 9.04. The van der Waals surface area contributed by atoms with Crippen molar-refractivity contribution >= 4 is 12.0 Å². The molecule has 1 atom stereocenters. The minimum absolute atomic E-state index is 0.110. The number of carboxylic acids is 1. The van der Waals surface area contributed by atoms with Crippen LogP contribution in [0.5, 0.6) is 0 Å². The molecule has 1 aliphatic rings. The quantitative estimate of drug-likeness (QED) is 0.656. The summed E-state index contributed by atoms with van der Waals surface area (Å²) in [6.45, 7) is 7.76. The maximum Gasteiger partial charge on any atom is 0.329 e. The molecule has 0 spiro atoms. The first-order valence-corrected chi connectivity index (χ1v) is 6.61. The third-order valence-corrected chi connectivity index (χ3v) is 3.21. The number of hydrogen-bond donors (Lipinski definition) is 2. The maximum absolute atomic E-state index is 11.9. The van der Waals surface area contributed by atoms with Crippen LogP contribution in [0.25, 0.3) is 0 Å². The molecule has 2 N–H and O–H groups in total. The molecule has 2 amide bonds. The van der Waals surface area contributed by atoms with Crippen LogP contribution >= 0.6 is 0 Å². The Morgan fingerprint density at radius 1 is 1.42 bits per heavy atom. The van der Waals surface area contributed by atoms with Crippen LogP contribution in [0.3, 0.4) is 0 Å². The van der Waals surface area contributed by atoms with E-state index in [1.165, 1.54) is 0 Å². The van der Waals surface area contributed by atoms with Gasteiger partial charge in [0.15, 0.2) is 0 Å². The van der Waals surface area contributed by atoms with Gasteiger partial charge in [0.25, 0.3) is 0 Å². The summed E-state index contributed by atoms with van der Waals surface area (Å²) in [5.41, 5.74) is 0. The Morgan fingerprint density at radius 3 is 2.74 bits per heavy atom. The lowest BCUT2D eigenvalue weighted by Gasteiger charge is -2.39. The van der Waals surface area contributed by atoms with Crippen molar-refractivity contribution in [2.45, 2.75) is 19.9 Å². The number of nitrogens with zero attached hydrogens (tertiary/aromatic N) is 2. The molecule has 0 aromatic heterocycles. The zero-order chi connectivity index (χ0) is 14.3. The van der Waals surface area contributed by atoms with E-state index < -0.39 is 5.97 Å². The number of hydrogen-bond acceptors (Lipinski definition) is 4. The second-order valence-electron chi connectivity index (χ2n) is 4.60. The summed E-state index contributed by atoms with van der Waals surface area (Å²) in [5.74, 6) is -1.00. The van der Waals surface area contributed by atoms with Gasteiger partial charge in [-0.1, -0.05) is 6.92 Å². The van der Waals surface area contributed by atoms with Crippen molar-refractivity contribution in [2.75, 3.05) is 45.9 Å². The molecule has 19 heavy (non-hydrogen) atoms. The monoisotopic (exact) mass is 273 g/mol. The lowest BCUT2D eigenvalue weighted by molar-refractivity contribution is -0.142. The van der Waals surface area contributed by atoms with E-state index in [2.05, 4.69) is 24.1 Å². The molecule has 7 nitrogen and oxygen atoms in total. The van der Waals surface area contributed by atoms with Crippen LogP contribution in [0.2, 0.25) is 0 Å². The standard InChI is InChI=1S/C12H23N3O4/c1-3-14-5-6-15(8-10(14)2)12(18)13-4-7-19-9-11(16)17/h10H,3-9H2,1-2H3,(H,13,18)(H,16,17). The Hall–Kier alpha value is -1.34. The zero-order valence-corrected chi connectivity index (χ0v) is 11.6. The number of aliphatic carboxylic acids is 1. The van der Waals surface area contributed by atoms with Crippen molar-refractivity contribution in [3.05, 3.63) is 0 Å².